The Morgan fingerprint density at radius 3 is 2.50 bits per heavy atom. The van der Waals surface area contributed by atoms with E-state index in [1.54, 1.807) is 24.3 Å². The van der Waals surface area contributed by atoms with Crippen molar-refractivity contribution < 1.29 is 19.6 Å². The van der Waals surface area contributed by atoms with E-state index in [4.69, 9.17) is 4.74 Å². The number of quaternary nitrogens is 1. The van der Waals surface area contributed by atoms with Crippen LogP contribution in [0.15, 0.2) is 24.3 Å². The number of nitrogens with two attached hydrogens (primary N) is 1. The minimum Gasteiger partial charge on any atom is -0.494 e. The SMILES string of the molecule is CCOc1ccc(N2C(=O)C[C@H]([NH2+]CC3CCCCC3)C2=O)cc1. The number of hydrogen-bond acceptors (Lipinski definition) is 3. The molecule has 1 saturated heterocycles. The molecule has 2 aliphatic rings. The van der Waals surface area contributed by atoms with Gasteiger partial charge in [-0.1, -0.05) is 19.3 Å². The van der Waals surface area contributed by atoms with Gasteiger partial charge < -0.3 is 10.1 Å². The van der Waals surface area contributed by atoms with Crippen LogP contribution in [0.1, 0.15) is 45.4 Å². The fourth-order valence-corrected chi connectivity index (χ4v) is 3.75. The fraction of sp³-hybridized carbons (Fsp3) is 0.579. The molecule has 3 rings (SSSR count). The molecule has 1 saturated carbocycles. The van der Waals surface area contributed by atoms with E-state index < -0.39 is 0 Å². The molecule has 1 atom stereocenters. The average Bonchev–Trinajstić information content (AvgIpc) is 2.89. The summed E-state index contributed by atoms with van der Waals surface area (Å²) in [6, 6.07) is 6.91. The van der Waals surface area contributed by atoms with Crippen LogP contribution < -0.4 is 15.0 Å². The van der Waals surface area contributed by atoms with E-state index in [1.807, 2.05) is 6.92 Å². The zero-order valence-corrected chi connectivity index (χ0v) is 14.4. The maximum atomic E-state index is 12.6. The van der Waals surface area contributed by atoms with E-state index in [9.17, 15) is 9.59 Å². The van der Waals surface area contributed by atoms with Crippen LogP contribution in [0.3, 0.4) is 0 Å². The molecule has 5 nitrogen and oxygen atoms in total. The molecule has 0 bridgehead atoms. The minimum atomic E-state index is -0.258. The van der Waals surface area contributed by atoms with Crippen molar-refractivity contribution >= 4 is 17.5 Å². The lowest BCUT2D eigenvalue weighted by Crippen LogP contribution is -2.92. The Kier molecular flexibility index (Phi) is 5.51. The van der Waals surface area contributed by atoms with Crippen molar-refractivity contribution in [2.75, 3.05) is 18.1 Å². The summed E-state index contributed by atoms with van der Waals surface area (Å²) in [6.45, 7) is 3.48. The van der Waals surface area contributed by atoms with Crippen LogP contribution in [0.2, 0.25) is 0 Å². The maximum Gasteiger partial charge on any atom is 0.292 e. The number of hydrogen-bond donors (Lipinski definition) is 1. The molecule has 1 heterocycles. The fourth-order valence-electron chi connectivity index (χ4n) is 3.75. The van der Waals surface area contributed by atoms with Crippen LogP contribution >= 0.6 is 0 Å². The summed E-state index contributed by atoms with van der Waals surface area (Å²) in [4.78, 5) is 26.3. The van der Waals surface area contributed by atoms with Gasteiger partial charge in [0.15, 0.2) is 6.04 Å². The number of carbonyl (C=O) groups excluding carboxylic acids is 2. The van der Waals surface area contributed by atoms with Crippen molar-refractivity contribution in [1.82, 2.24) is 0 Å². The quantitative estimate of drug-likeness (QED) is 0.809. The number of ether oxygens (including phenoxy) is 1. The summed E-state index contributed by atoms with van der Waals surface area (Å²) >= 11 is 0. The van der Waals surface area contributed by atoms with Gasteiger partial charge in [0.05, 0.1) is 25.3 Å². The molecular formula is C19H27N2O3+. The smallest absolute Gasteiger partial charge is 0.292 e. The van der Waals surface area contributed by atoms with E-state index in [1.165, 1.54) is 37.0 Å². The second-order valence-electron chi connectivity index (χ2n) is 6.78. The van der Waals surface area contributed by atoms with Crippen molar-refractivity contribution in [2.24, 2.45) is 5.92 Å². The van der Waals surface area contributed by atoms with Crippen molar-refractivity contribution in [1.29, 1.82) is 0 Å². The average molecular weight is 331 g/mol. The number of nitrogens with zero attached hydrogens (tertiary/aromatic N) is 1. The molecule has 24 heavy (non-hydrogen) atoms. The first-order valence-corrected chi connectivity index (χ1v) is 9.12. The van der Waals surface area contributed by atoms with Crippen LogP contribution in [-0.2, 0) is 9.59 Å². The molecule has 1 aromatic carbocycles. The number of carbonyl (C=O) groups is 2. The second kappa shape index (κ2) is 7.79. The predicted molar refractivity (Wildman–Crippen MR) is 91.9 cm³/mol. The Labute approximate surface area is 143 Å². The number of amides is 2. The molecule has 5 heteroatoms. The Balaban J connectivity index is 1.60. The highest BCUT2D eigenvalue weighted by Gasteiger charge is 2.42. The monoisotopic (exact) mass is 331 g/mol. The van der Waals surface area contributed by atoms with Gasteiger partial charge in [-0.15, -0.1) is 0 Å². The summed E-state index contributed by atoms with van der Waals surface area (Å²) < 4.78 is 5.41. The number of benzene rings is 1. The van der Waals surface area contributed by atoms with Crippen LogP contribution in [0, 0.1) is 5.92 Å². The predicted octanol–water partition coefficient (Wildman–Crippen LogP) is 1.86. The largest absolute Gasteiger partial charge is 0.494 e. The summed E-state index contributed by atoms with van der Waals surface area (Å²) in [7, 11) is 0. The number of imide groups is 1. The third-order valence-electron chi connectivity index (χ3n) is 5.07. The third-order valence-corrected chi connectivity index (χ3v) is 5.07. The Hall–Kier alpha value is -1.88. The van der Waals surface area contributed by atoms with Crippen molar-refractivity contribution in [3.05, 3.63) is 24.3 Å². The standard InChI is InChI=1S/C19H26N2O3/c1-2-24-16-10-8-15(9-11-16)21-18(22)12-17(19(21)23)20-13-14-6-4-3-5-7-14/h8-11,14,17,20H,2-7,12-13H2,1H3/p+1/t17-/m0/s1. The van der Waals surface area contributed by atoms with E-state index in [-0.39, 0.29) is 17.9 Å². The van der Waals surface area contributed by atoms with Crippen molar-refractivity contribution in [3.8, 4) is 5.75 Å². The first kappa shape index (κ1) is 17.0. The molecule has 2 fully saturated rings. The normalized spacial score (nSPS) is 22.2. The highest BCUT2D eigenvalue weighted by Crippen LogP contribution is 2.25. The lowest BCUT2D eigenvalue weighted by molar-refractivity contribution is -0.680. The van der Waals surface area contributed by atoms with Crippen LogP contribution in [0.25, 0.3) is 0 Å². The molecule has 0 aromatic heterocycles. The number of anilines is 1. The van der Waals surface area contributed by atoms with Gasteiger partial charge in [-0.05, 0) is 44.0 Å². The summed E-state index contributed by atoms with van der Waals surface area (Å²) in [5.41, 5.74) is 0.641. The van der Waals surface area contributed by atoms with E-state index >= 15 is 0 Å². The van der Waals surface area contributed by atoms with Crippen LogP contribution in [-0.4, -0.2) is 31.0 Å². The van der Waals surface area contributed by atoms with Gasteiger partial charge in [-0.25, -0.2) is 4.90 Å². The second-order valence-corrected chi connectivity index (χ2v) is 6.78. The minimum absolute atomic E-state index is 0.0834. The third kappa shape index (κ3) is 3.78. The molecule has 2 amide bonds. The summed E-state index contributed by atoms with van der Waals surface area (Å²) in [6.07, 6.45) is 6.76. The van der Waals surface area contributed by atoms with E-state index in [2.05, 4.69) is 5.32 Å². The highest BCUT2D eigenvalue weighted by molar-refractivity contribution is 6.21. The molecule has 1 aliphatic heterocycles. The van der Waals surface area contributed by atoms with Crippen LogP contribution in [0.5, 0.6) is 5.75 Å². The van der Waals surface area contributed by atoms with Gasteiger partial charge in [-0.3, -0.25) is 9.59 Å². The van der Waals surface area contributed by atoms with Gasteiger partial charge in [0.2, 0.25) is 5.91 Å². The lowest BCUT2D eigenvalue weighted by Gasteiger charge is -2.21. The lowest BCUT2D eigenvalue weighted by atomic mass is 9.89. The Morgan fingerprint density at radius 2 is 1.83 bits per heavy atom. The summed E-state index contributed by atoms with van der Waals surface area (Å²) in [5, 5.41) is 2.09. The maximum absolute atomic E-state index is 12.6. The molecule has 1 aliphatic carbocycles. The van der Waals surface area contributed by atoms with Gasteiger partial charge in [-0.2, -0.15) is 0 Å². The molecular weight excluding hydrogens is 304 g/mol. The first-order chi connectivity index (χ1) is 11.7. The molecule has 130 valence electrons. The Bertz CT molecular complexity index is 579. The first-order valence-electron chi connectivity index (χ1n) is 9.12. The number of rotatable bonds is 6. The summed E-state index contributed by atoms with van der Waals surface area (Å²) in [5.74, 6) is 1.26. The van der Waals surface area contributed by atoms with Gasteiger partial charge in [0.25, 0.3) is 5.91 Å². The molecule has 0 radical (unpaired) electrons. The zero-order valence-electron chi connectivity index (χ0n) is 14.4. The Morgan fingerprint density at radius 1 is 1.12 bits per heavy atom. The zero-order chi connectivity index (χ0) is 16.9. The molecule has 0 spiro atoms. The van der Waals surface area contributed by atoms with Crippen molar-refractivity contribution in [3.63, 3.8) is 0 Å². The molecule has 1 aromatic rings. The topological polar surface area (TPSA) is 63.2 Å². The van der Waals surface area contributed by atoms with E-state index in [0.29, 0.717) is 24.6 Å². The van der Waals surface area contributed by atoms with Gasteiger partial charge in [0, 0.05) is 5.92 Å². The van der Waals surface area contributed by atoms with Gasteiger partial charge >= 0.3 is 0 Å². The van der Waals surface area contributed by atoms with Crippen LogP contribution in [0.4, 0.5) is 5.69 Å². The molecule has 2 N–H and O–H groups in total. The van der Waals surface area contributed by atoms with Crippen molar-refractivity contribution in [2.45, 2.75) is 51.5 Å². The van der Waals surface area contributed by atoms with Gasteiger partial charge in [0.1, 0.15) is 5.75 Å². The molecule has 0 unspecified atom stereocenters. The van der Waals surface area contributed by atoms with E-state index in [0.717, 1.165) is 12.3 Å². The highest BCUT2D eigenvalue weighted by atomic mass is 16.5.